The van der Waals surface area contributed by atoms with Crippen LogP contribution in [0, 0.1) is 11.3 Å². The van der Waals surface area contributed by atoms with Crippen molar-refractivity contribution in [3.05, 3.63) is 35.9 Å². The molecule has 1 fully saturated rings. The van der Waals surface area contributed by atoms with Gasteiger partial charge in [-0.15, -0.1) is 0 Å². The summed E-state index contributed by atoms with van der Waals surface area (Å²) in [6.45, 7) is 4.88. The predicted molar refractivity (Wildman–Crippen MR) is 84.8 cm³/mol. The van der Waals surface area contributed by atoms with Crippen LogP contribution < -0.4 is 5.32 Å². The van der Waals surface area contributed by atoms with Crippen molar-refractivity contribution in [2.75, 3.05) is 6.61 Å². The molecule has 1 aliphatic rings. The van der Waals surface area contributed by atoms with Crippen LogP contribution in [0.5, 0.6) is 0 Å². The number of rotatable bonds is 9. The van der Waals surface area contributed by atoms with Crippen molar-refractivity contribution in [2.45, 2.75) is 63.6 Å². The number of ether oxygens (including phenoxy) is 1. The Kier molecular flexibility index (Phi) is 5.78. The van der Waals surface area contributed by atoms with Crippen molar-refractivity contribution < 1.29 is 4.74 Å². The van der Waals surface area contributed by atoms with E-state index >= 15 is 0 Å². The molecule has 3 heteroatoms. The monoisotopic (exact) mass is 286 g/mol. The maximum atomic E-state index is 9.81. The molecular formula is C18H26N2O. The molecule has 1 aliphatic carbocycles. The maximum absolute atomic E-state index is 9.81. The van der Waals surface area contributed by atoms with Gasteiger partial charge < -0.3 is 4.74 Å². The second kappa shape index (κ2) is 7.59. The van der Waals surface area contributed by atoms with Crippen LogP contribution in [0.25, 0.3) is 0 Å². The summed E-state index contributed by atoms with van der Waals surface area (Å²) in [4.78, 5) is 0. The van der Waals surface area contributed by atoms with Gasteiger partial charge in [-0.3, -0.25) is 5.32 Å². The van der Waals surface area contributed by atoms with Crippen LogP contribution in [-0.2, 0) is 10.3 Å². The van der Waals surface area contributed by atoms with Gasteiger partial charge in [0.25, 0.3) is 0 Å². The number of hydrogen-bond donors (Lipinski definition) is 1. The van der Waals surface area contributed by atoms with Gasteiger partial charge in [0, 0.05) is 12.5 Å². The van der Waals surface area contributed by atoms with E-state index in [2.05, 4.69) is 25.2 Å². The van der Waals surface area contributed by atoms with Crippen LogP contribution in [0.15, 0.2) is 30.3 Å². The largest absolute Gasteiger partial charge is 0.378 e. The minimum Gasteiger partial charge on any atom is -0.378 e. The molecule has 0 aliphatic heterocycles. The van der Waals surface area contributed by atoms with E-state index in [-0.39, 0.29) is 6.10 Å². The average molecular weight is 286 g/mol. The van der Waals surface area contributed by atoms with Crippen molar-refractivity contribution >= 4 is 0 Å². The Hall–Kier alpha value is -1.37. The van der Waals surface area contributed by atoms with Gasteiger partial charge >= 0.3 is 0 Å². The van der Waals surface area contributed by atoms with Gasteiger partial charge in [-0.2, -0.15) is 5.26 Å². The Morgan fingerprint density at radius 1 is 1.38 bits per heavy atom. The lowest BCUT2D eigenvalue weighted by Crippen LogP contribution is -2.43. The summed E-state index contributed by atoms with van der Waals surface area (Å²) in [6.07, 6.45) is 5.50. The topological polar surface area (TPSA) is 45.0 Å². The lowest BCUT2D eigenvalue weighted by Gasteiger charge is -2.29. The summed E-state index contributed by atoms with van der Waals surface area (Å²) in [5.74, 6) is 0. The highest BCUT2D eigenvalue weighted by molar-refractivity contribution is 5.32. The highest BCUT2D eigenvalue weighted by atomic mass is 16.5. The first-order chi connectivity index (χ1) is 10.2. The second-order valence-corrected chi connectivity index (χ2v) is 6.02. The quantitative estimate of drug-likeness (QED) is 0.752. The van der Waals surface area contributed by atoms with Gasteiger partial charge in [0.2, 0.25) is 0 Å². The van der Waals surface area contributed by atoms with Crippen molar-refractivity contribution in [3.8, 4) is 6.07 Å². The molecule has 2 rings (SSSR count). The smallest absolute Gasteiger partial charge is 0.134 e. The molecule has 1 saturated carbocycles. The van der Waals surface area contributed by atoms with E-state index in [0.717, 1.165) is 18.4 Å². The lowest BCUT2D eigenvalue weighted by molar-refractivity contribution is 0.0481. The van der Waals surface area contributed by atoms with Crippen molar-refractivity contribution in [2.24, 2.45) is 0 Å². The van der Waals surface area contributed by atoms with Crippen molar-refractivity contribution in [3.63, 3.8) is 0 Å². The number of hydrogen-bond acceptors (Lipinski definition) is 3. The Morgan fingerprint density at radius 3 is 2.67 bits per heavy atom. The van der Waals surface area contributed by atoms with Crippen molar-refractivity contribution in [1.82, 2.24) is 5.32 Å². The van der Waals surface area contributed by atoms with Crippen LogP contribution in [0.2, 0.25) is 0 Å². The van der Waals surface area contributed by atoms with Gasteiger partial charge in [-0.05, 0) is 31.7 Å². The molecule has 2 atom stereocenters. The SMILES string of the molecule is CCCC(C)OCCC(C#N)(NC1CC1)c1ccccc1. The minimum atomic E-state index is -0.617. The Morgan fingerprint density at radius 2 is 2.10 bits per heavy atom. The normalized spacial score (nSPS) is 18.7. The molecule has 0 aromatic heterocycles. The van der Waals surface area contributed by atoms with Crippen molar-refractivity contribution in [1.29, 1.82) is 5.26 Å². The van der Waals surface area contributed by atoms with Crippen LogP contribution >= 0.6 is 0 Å². The van der Waals surface area contributed by atoms with Gasteiger partial charge in [0.05, 0.1) is 18.8 Å². The Bertz CT molecular complexity index is 464. The van der Waals surface area contributed by atoms with Crippen LogP contribution in [0.1, 0.15) is 51.5 Å². The predicted octanol–water partition coefficient (Wildman–Crippen LogP) is 3.75. The molecule has 21 heavy (non-hydrogen) atoms. The molecule has 0 saturated heterocycles. The van der Waals surface area contributed by atoms with E-state index in [1.165, 1.54) is 12.8 Å². The molecule has 1 N–H and O–H groups in total. The third kappa shape index (κ3) is 4.56. The van der Waals surface area contributed by atoms with Gasteiger partial charge in [0.15, 0.2) is 0 Å². The molecule has 114 valence electrons. The number of benzene rings is 1. The van der Waals surface area contributed by atoms with E-state index in [9.17, 15) is 5.26 Å². The maximum Gasteiger partial charge on any atom is 0.134 e. The van der Waals surface area contributed by atoms with Gasteiger partial charge in [-0.1, -0.05) is 43.7 Å². The molecular weight excluding hydrogens is 260 g/mol. The standard InChI is InChI=1S/C18H26N2O/c1-3-7-15(2)21-13-12-18(14-19,20-17-10-11-17)16-8-5-4-6-9-16/h4-6,8-9,15,17,20H,3,7,10-13H2,1-2H3. The molecule has 1 aromatic rings. The summed E-state index contributed by atoms with van der Waals surface area (Å²) < 4.78 is 5.87. The molecule has 2 unspecified atom stereocenters. The highest BCUT2D eigenvalue weighted by Gasteiger charge is 2.37. The van der Waals surface area contributed by atoms with E-state index in [1.807, 2.05) is 30.3 Å². The average Bonchev–Trinajstić information content (AvgIpc) is 3.31. The summed E-state index contributed by atoms with van der Waals surface area (Å²) >= 11 is 0. The molecule has 0 amide bonds. The molecule has 0 heterocycles. The molecule has 3 nitrogen and oxygen atoms in total. The minimum absolute atomic E-state index is 0.267. The third-order valence-corrected chi connectivity index (χ3v) is 4.06. The highest BCUT2D eigenvalue weighted by Crippen LogP contribution is 2.31. The zero-order valence-corrected chi connectivity index (χ0v) is 13.1. The first-order valence-corrected chi connectivity index (χ1v) is 8.06. The second-order valence-electron chi connectivity index (χ2n) is 6.02. The summed E-state index contributed by atoms with van der Waals surface area (Å²) in [5, 5.41) is 13.3. The fourth-order valence-corrected chi connectivity index (χ4v) is 2.65. The number of nitrogens with zero attached hydrogens (tertiary/aromatic N) is 1. The zero-order chi connectivity index (χ0) is 15.1. The van der Waals surface area contributed by atoms with Gasteiger partial charge in [-0.25, -0.2) is 0 Å². The summed E-state index contributed by atoms with van der Waals surface area (Å²) in [5.41, 5.74) is 0.431. The van der Waals surface area contributed by atoms with E-state index in [0.29, 0.717) is 19.1 Å². The van der Waals surface area contributed by atoms with Gasteiger partial charge in [0.1, 0.15) is 5.54 Å². The molecule has 0 spiro atoms. The van der Waals surface area contributed by atoms with E-state index < -0.39 is 5.54 Å². The fraction of sp³-hybridized carbons (Fsp3) is 0.611. The molecule has 1 aromatic carbocycles. The Labute approximate surface area is 128 Å². The summed E-state index contributed by atoms with van der Waals surface area (Å²) in [7, 11) is 0. The van der Waals surface area contributed by atoms with Crippen LogP contribution in [0.4, 0.5) is 0 Å². The first-order valence-electron chi connectivity index (χ1n) is 8.06. The lowest BCUT2D eigenvalue weighted by atomic mass is 9.88. The number of nitrogens with one attached hydrogen (secondary N) is 1. The summed E-state index contributed by atoms with van der Waals surface area (Å²) in [6, 6.07) is 13.1. The fourth-order valence-electron chi connectivity index (χ4n) is 2.65. The van der Waals surface area contributed by atoms with E-state index in [1.54, 1.807) is 0 Å². The van der Waals surface area contributed by atoms with E-state index in [4.69, 9.17) is 4.74 Å². The third-order valence-electron chi connectivity index (χ3n) is 4.06. The molecule has 0 bridgehead atoms. The first kappa shape index (κ1) is 16.0. The number of nitriles is 1. The Balaban J connectivity index is 2.03. The zero-order valence-electron chi connectivity index (χ0n) is 13.1. The molecule has 0 radical (unpaired) electrons. The van der Waals surface area contributed by atoms with Crippen LogP contribution in [-0.4, -0.2) is 18.8 Å². The van der Waals surface area contributed by atoms with Crippen LogP contribution in [0.3, 0.4) is 0 Å².